The molecule has 0 bridgehead atoms. The van der Waals surface area contributed by atoms with Crippen LogP contribution in [0, 0.1) is 0 Å². The van der Waals surface area contributed by atoms with Gasteiger partial charge in [0.1, 0.15) is 5.75 Å². The summed E-state index contributed by atoms with van der Waals surface area (Å²) in [7, 11) is 0. The fourth-order valence-electron chi connectivity index (χ4n) is 1.49. The Morgan fingerprint density at radius 1 is 1.29 bits per heavy atom. The Kier molecular flexibility index (Phi) is 3.96. The number of nitrogens with one attached hydrogen (secondary N) is 1. The van der Waals surface area contributed by atoms with Crippen LogP contribution in [-0.2, 0) is 0 Å². The lowest BCUT2D eigenvalue weighted by molar-refractivity contribution is 0.430. The van der Waals surface area contributed by atoms with Gasteiger partial charge < -0.3 is 10.4 Å². The molecule has 0 aromatic heterocycles. The lowest BCUT2D eigenvalue weighted by Crippen LogP contribution is -2.28. The van der Waals surface area contributed by atoms with E-state index in [4.69, 9.17) is 0 Å². The molecule has 2 heteroatoms. The fourth-order valence-corrected chi connectivity index (χ4v) is 1.49. The first-order chi connectivity index (χ1) is 6.65. The molecule has 0 fully saturated rings. The predicted molar refractivity (Wildman–Crippen MR) is 59.4 cm³/mol. The number of phenolic OH excluding ortho intramolecular Hbond substituents is 1. The topological polar surface area (TPSA) is 32.3 Å². The van der Waals surface area contributed by atoms with E-state index in [-0.39, 0.29) is 6.04 Å². The van der Waals surface area contributed by atoms with Gasteiger partial charge in [-0.2, -0.15) is 0 Å². The van der Waals surface area contributed by atoms with Crippen molar-refractivity contribution in [2.45, 2.75) is 39.3 Å². The molecule has 0 unspecified atom stereocenters. The van der Waals surface area contributed by atoms with Gasteiger partial charge in [-0.1, -0.05) is 25.1 Å². The van der Waals surface area contributed by atoms with E-state index in [2.05, 4.69) is 26.1 Å². The maximum Gasteiger partial charge on any atom is 0.120 e. The summed E-state index contributed by atoms with van der Waals surface area (Å²) in [6.07, 6.45) is 1.10. The number of hydrogen-bond acceptors (Lipinski definition) is 2. The molecule has 2 N–H and O–H groups in total. The average molecular weight is 193 g/mol. The molecule has 78 valence electrons. The number of benzene rings is 1. The van der Waals surface area contributed by atoms with Gasteiger partial charge >= 0.3 is 0 Å². The third kappa shape index (κ3) is 2.74. The van der Waals surface area contributed by atoms with Crippen molar-refractivity contribution in [2.24, 2.45) is 0 Å². The number of phenols is 1. The average Bonchev–Trinajstić information content (AvgIpc) is 2.18. The molecular formula is C12H19NO. The Hall–Kier alpha value is -1.02. The van der Waals surface area contributed by atoms with Crippen molar-refractivity contribution >= 4 is 0 Å². The normalized spacial score (nSPS) is 15.1. The van der Waals surface area contributed by atoms with Gasteiger partial charge in [0.15, 0.2) is 0 Å². The molecule has 2 nitrogen and oxygen atoms in total. The molecule has 14 heavy (non-hydrogen) atoms. The van der Waals surface area contributed by atoms with Gasteiger partial charge in [0, 0.05) is 17.6 Å². The smallest absolute Gasteiger partial charge is 0.120 e. The van der Waals surface area contributed by atoms with E-state index in [0.717, 1.165) is 12.0 Å². The summed E-state index contributed by atoms with van der Waals surface area (Å²) in [6, 6.07) is 8.15. The number of hydrogen-bond donors (Lipinski definition) is 2. The van der Waals surface area contributed by atoms with Crippen LogP contribution >= 0.6 is 0 Å². The Morgan fingerprint density at radius 3 is 2.50 bits per heavy atom. The summed E-state index contributed by atoms with van der Waals surface area (Å²) in [6.45, 7) is 6.37. The maximum atomic E-state index is 9.63. The van der Waals surface area contributed by atoms with E-state index in [9.17, 15) is 5.11 Å². The molecule has 0 spiro atoms. The molecule has 0 aliphatic heterocycles. The second kappa shape index (κ2) is 5.01. The van der Waals surface area contributed by atoms with Crippen LogP contribution in [0.25, 0.3) is 0 Å². The first kappa shape index (κ1) is 11.1. The largest absolute Gasteiger partial charge is 0.508 e. The molecule has 0 radical (unpaired) electrons. The first-order valence-electron chi connectivity index (χ1n) is 5.19. The van der Waals surface area contributed by atoms with E-state index in [1.54, 1.807) is 6.07 Å². The van der Waals surface area contributed by atoms with Crippen LogP contribution in [0.1, 0.15) is 38.8 Å². The van der Waals surface area contributed by atoms with Crippen molar-refractivity contribution in [1.29, 1.82) is 0 Å². The van der Waals surface area contributed by atoms with Crippen LogP contribution in [0.3, 0.4) is 0 Å². The third-order valence-electron chi connectivity index (χ3n) is 2.55. The van der Waals surface area contributed by atoms with Gasteiger partial charge in [-0.15, -0.1) is 0 Å². The molecule has 0 aliphatic carbocycles. The molecule has 0 amide bonds. The van der Waals surface area contributed by atoms with E-state index in [1.807, 2.05) is 18.2 Å². The minimum absolute atomic E-state index is 0.200. The van der Waals surface area contributed by atoms with Gasteiger partial charge in [0.05, 0.1) is 0 Å². The zero-order valence-corrected chi connectivity index (χ0v) is 9.12. The lowest BCUT2D eigenvalue weighted by atomic mass is 10.1. The van der Waals surface area contributed by atoms with E-state index >= 15 is 0 Å². The SMILES string of the molecule is CC[C@@H](C)N[C@H](C)c1ccccc1O. The molecule has 1 aromatic rings. The molecule has 1 aromatic carbocycles. The van der Waals surface area contributed by atoms with Crippen molar-refractivity contribution in [2.75, 3.05) is 0 Å². The standard InChI is InChI=1S/C12H19NO/c1-4-9(2)13-10(3)11-7-5-6-8-12(11)14/h5-10,13-14H,4H2,1-3H3/t9-,10-/m1/s1. The maximum absolute atomic E-state index is 9.63. The second-order valence-corrected chi connectivity index (χ2v) is 3.76. The first-order valence-corrected chi connectivity index (χ1v) is 5.19. The fraction of sp³-hybridized carbons (Fsp3) is 0.500. The van der Waals surface area contributed by atoms with E-state index in [1.165, 1.54) is 0 Å². The van der Waals surface area contributed by atoms with Crippen LogP contribution in [0.4, 0.5) is 0 Å². The molecular weight excluding hydrogens is 174 g/mol. The van der Waals surface area contributed by atoms with Gasteiger partial charge in [-0.3, -0.25) is 0 Å². The Labute approximate surface area is 86.0 Å². The summed E-state index contributed by atoms with van der Waals surface area (Å²) in [4.78, 5) is 0. The zero-order valence-electron chi connectivity index (χ0n) is 9.12. The van der Waals surface area contributed by atoms with Crippen LogP contribution in [0.15, 0.2) is 24.3 Å². The van der Waals surface area contributed by atoms with E-state index in [0.29, 0.717) is 11.8 Å². The highest BCUT2D eigenvalue weighted by Crippen LogP contribution is 2.23. The summed E-state index contributed by atoms with van der Waals surface area (Å²) < 4.78 is 0. The number of aromatic hydroxyl groups is 1. The van der Waals surface area contributed by atoms with Gasteiger partial charge in [0.2, 0.25) is 0 Å². The molecule has 0 saturated carbocycles. The van der Waals surface area contributed by atoms with Crippen molar-refractivity contribution in [3.05, 3.63) is 29.8 Å². The monoisotopic (exact) mass is 193 g/mol. The van der Waals surface area contributed by atoms with Crippen LogP contribution in [-0.4, -0.2) is 11.1 Å². The molecule has 1 rings (SSSR count). The minimum Gasteiger partial charge on any atom is -0.508 e. The van der Waals surface area contributed by atoms with Crippen LogP contribution in [0.5, 0.6) is 5.75 Å². The molecule has 0 aliphatic rings. The van der Waals surface area contributed by atoms with Crippen LogP contribution in [0.2, 0.25) is 0 Å². The quantitative estimate of drug-likeness (QED) is 0.770. The zero-order chi connectivity index (χ0) is 10.6. The van der Waals surface area contributed by atoms with Crippen molar-refractivity contribution < 1.29 is 5.11 Å². The molecule has 0 heterocycles. The Bertz CT molecular complexity index is 285. The van der Waals surface area contributed by atoms with Crippen LogP contribution < -0.4 is 5.32 Å². The highest BCUT2D eigenvalue weighted by molar-refractivity contribution is 5.34. The van der Waals surface area contributed by atoms with Crippen molar-refractivity contribution in [3.8, 4) is 5.75 Å². The Balaban J connectivity index is 2.69. The number of para-hydroxylation sites is 1. The van der Waals surface area contributed by atoms with Crippen molar-refractivity contribution in [1.82, 2.24) is 5.32 Å². The lowest BCUT2D eigenvalue weighted by Gasteiger charge is -2.19. The summed E-state index contributed by atoms with van der Waals surface area (Å²) in [5.41, 5.74) is 0.966. The van der Waals surface area contributed by atoms with Gasteiger partial charge in [-0.25, -0.2) is 0 Å². The number of rotatable bonds is 4. The van der Waals surface area contributed by atoms with Gasteiger partial charge in [0.25, 0.3) is 0 Å². The summed E-state index contributed by atoms with van der Waals surface area (Å²) in [5, 5.41) is 13.1. The molecule has 0 saturated heterocycles. The van der Waals surface area contributed by atoms with E-state index < -0.39 is 0 Å². The highest BCUT2D eigenvalue weighted by Gasteiger charge is 2.10. The second-order valence-electron chi connectivity index (χ2n) is 3.76. The Morgan fingerprint density at radius 2 is 1.93 bits per heavy atom. The molecule has 2 atom stereocenters. The van der Waals surface area contributed by atoms with Gasteiger partial charge in [-0.05, 0) is 26.3 Å². The van der Waals surface area contributed by atoms with Crippen molar-refractivity contribution in [3.63, 3.8) is 0 Å². The predicted octanol–water partition coefficient (Wildman–Crippen LogP) is 2.84. The third-order valence-corrected chi connectivity index (χ3v) is 2.55. The minimum atomic E-state index is 0.200. The highest BCUT2D eigenvalue weighted by atomic mass is 16.3. The summed E-state index contributed by atoms with van der Waals surface area (Å²) >= 11 is 0. The summed E-state index contributed by atoms with van der Waals surface area (Å²) in [5.74, 6) is 0.371.